The number of nitrogens with two attached hydrogens (primary N) is 2. The van der Waals surface area contributed by atoms with Crippen LogP contribution in [0.25, 0.3) is 0 Å². The number of carbonyl (C=O) groups is 1. The quantitative estimate of drug-likeness (QED) is 0.734. The zero-order valence-electron chi connectivity index (χ0n) is 9.94. The summed E-state index contributed by atoms with van der Waals surface area (Å²) in [7, 11) is 0. The van der Waals surface area contributed by atoms with E-state index in [1.807, 2.05) is 6.20 Å². The number of amides is 1. The largest absolute Gasteiger partial charge is 0.368 e. The molecule has 1 unspecified atom stereocenters. The van der Waals surface area contributed by atoms with Crippen LogP contribution in [0.2, 0.25) is 0 Å². The predicted molar refractivity (Wildman–Crippen MR) is 62.6 cm³/mol. The summed E-state index contributed by atoms with van der Waals surface area (Å²) in [6.07, 6.45) is 6.04. The lowest BCUT2D eigenvalue weighted by Crippen LogP contribution is -2.49. The van der Waals surface area contributed by atoms with Gasteiger partial charge in [-0.3, -0.25) is 4.79 Å². The smallest absolute Gasteiger partial charge is 0.237 e. The van der Waals surface area contributed by atoms with E-state index in [-0.39, 0.29) is 0 Å². The van der Waals surface area contributed by atoms with Gasteiger partial charge in [0.05, 0.1) is 5.54 Å². The Hall–Kier alpha value is -1.36. The number of imidazole rings is 1. The lowest BCUT2D eigenvalue weighted by atomic mass is 9.96. The van der Waals surface area contributed by atoms with Crippen molar-refractivity contribution >= 4 is 5.91 Å². The summed E-state index contributed by atoms with van der Waals surface area (Å²) in [4.78, 5) is 15.2. The lowest BCUT2D eigenvalue weighted by Gasteiger charge is -2.20. The third kappa shape index (κ3) is 3.06. The molecule has 5 heteroatoms. The Bertz CT molecular complexity index is 357. The fourth-order valence-corrected chi connectivity index (χ4v) is 1.60. The molecule has 0 aliphatic carbocycles. The van der Waals surface area contributed by atoms with E-state index in [4.69, 9.17) is 11.5 Å². The Morgan fingerprint density at radius 3 is 2.88 bits per heavy atom. The summed E-state index contributed by atoms with van der Waals surface area (Å²) < 4.78 is 2.08. The molecule has 1 heterocycles. The molecule has 5 nitrogen and oxygen atoms in total. The third-order valence-electron chi connectivity index (χ3n) is 2.78. The average molecular weight is 224 g/mol. The van der Waals surface area contributed by atoms with Crippen LogP contribution in [0, 0.1) is 0 Å². The summed E-state index contributed by atoms with van der Waals surface area (Å²) in [6.45, 7) is 4.56. The Kier molecular flexibility index (Phi) is 4.06. The SMILES string of the molecule is CCc1nccn1CCCC(C)(N)C(N)=O. The highest BCUT2D eigenvalue weighted by molar-refractivity contribution is 5.83. The van der Waals surface area contributed by atoms with Gasteiger partial charge in [0, 0.05) is 25.4 Å². The van der Waals surface area contributed by atoms with Crippen LogP contribution in [0.3, 0.4) is 0 Å². The fourth-order valence-electron chi connectivity index (χ4n) is 1.60. The number of primary amides is 1. The second-order valence-electron chi connectivity index (χ2n) is 4.28. The molecule has 1 aromatic heterocycles. The van der Waals surface area contributed by atoms with Crippen molar-refractivity contribution in [1.29, 1.82) is 0 Å². The van der Waals surface area contributed by atoms with E-state index in [0.717, 1.165) is 25.2 Å². The predicted octanol–water partition coefficient (Wildman–Crippen LogP) is 0.428. The number of nitrogens with zero attached hydrogens (tertiary/aromatic N) is 2. The molecule has 1 aromatic rings. The zero-order valence-corrected chi connectivity index (χ0v) is 9.94. The number of rotatable bonds is 6. The first-order valence-electron chi connectivity index (χ1n) is 5.56. The first-order chi connectivity index (χ1) is 7.47. The van der Waals surface area contributed by atoms with Gasteiger partial charge in [0.2, 0.25) is 5.91 Å². The van der Waals surface area contributed by atoms with Crippen molar-refractivity contribution in [2.45, 2.75) is 45.2 Å². The monoisotopic (exact) mass is 224 g/mol. The van der Waals surface area contributed by atoms with Gasteiger partial charge >= 0.3 is 0 Å². The van der Waals surface area contributed by atoms with Gasteiger partial charge in [-0.05, 0) is 19.8 Å². The minimum atomic E-state index is -0.910. The van der Waals surface area contributed by atoms with E-state index >= 15 is 0 Å². The van der Waals surface area contributed by atoms with E-state index in [1.54, 1.807) is 13.1 Å². The molecular weight excluding hydrogens is 204 g/mol. The van der Waals surface area contributed by atoms with Gasteiger partial charge in [-0.2, -0.15) is 0 Å². The van der Waals surface area contributed by atoms with Crippen LogP contribution in [0.1, 0.15) is 32.5 Å². The van der Waals surface area contributed by atoms with E-state index in [0.29, 0.717) is 6.42 Å². The molecule has 4 N–H and O–H groups in total. The molecule has 0 saturated heterocycles. The number of hydrogen-bond donors (Lipinski definition) is 2. The van der Waals surface area contributed by atoms with Gasteiger partial charge in [0.25, 0.3) is 0 Å². The molecule has 0 aliphatic heterocycles. The van der Waals surface area contributed by atoms with Gasteiger partial charge in [0.1, 0.15) is 5.82 Å². The Labute approximate surface area is 95.8 Å². The minimum absolute atomic E-state index is 0.450. The molecule has 1 amide bonds. The summed E-state index contributed by atoms with van der Waals surface area (Å²) >= 11 is 0. The molecule has 0 aromatic carbocycles. The first kappa shape index (κ1) is 12.7. The molecule has 0 fully saturated rings. The summed E-state index contributed by atoms with van der Waals surface area (Å²) in [5.74, 6) is 0.603. The number of aryl methyl sites for hydroxylation is 2. The topological polar surface area (TPSA) is 86.9 Å². The average Bonchev–Trinajstić information content (AvgIpc) is 2.64. The highest BCUT2D eigenvalue weighted by atomic mass is 16.1. The molecule has 0 bridgehead atoms. The number of carbonyl (C=O) groups excluding carboxylic acids is 1. The van der Waals surface area contributed by atoms with Crippen LogP contribution in [0.4, 0.5) is 0 Å². The number of hydrogen-bond acceptors (Lipinski definition) is 3. The Morgan fingerprint density at radius 1 is 1.62 bits per heavy atom. The van der Waals surface area contributed by atoms with E-state index in [1.165, 1.54) is 0 Å². The van der Waals surface area contributed by atoms with Crippen LogP contribution < -0.4 is 11.5 Å². The second-order valence-corrected chi connectivity index (χ2v) is 4.28. The molecule has 0 radical (unpaired) electrons. The van der Waals surface area contributed by atoms with Gasteiger partial charge in [-0.15, -0.1) is 0 Å². The minimum Gasteiger partial charge on any atom is -0.368 e. The van der Waals surface area contributed by atoms with E-state index < -0.39 is 11.4 Å². The van der Waals surface area contributed by atoms with Crippen LogP contribution in [0.15, 0.2) is 12.4 Å². The van der Waals surface area contributed by atoms with Crippen molar-refractivity contribution in [1.82, 2.24) is 9.55 Å². The van der Waals surface area contributed by atoms with Crippen molar-refractivity contribution in [3.05, 3.63) is 18.2 Å². The highest BCUT2D eigenvalue weighted by Crippen LogP contribution is 2.10. The summed E-state index contributed by atoms with van der Waals surface area (Å²) in [6, 6.07) is 0. The number of aromatic nitrogens is 2. The Morgan fingerprint density at radius 2 is 2.31 bits per heavy atom. The first-order valence-corrected chi connectivity index (χ1v) is 5.56. The van der Waals surface area contributed by atoms with Gasteiger partial charge in [0.15, 0.2) is 0 Å². The van der Waals surface area contributed by atoms with Crippen molar-refractivity contribution in [3.8, 4) is 0 Å². The van der Waals surface area contributed by atoms with Crippen LogP contribution in [-0.2, 0) is 17.8 Å². The molecule has 1 atom stereocenters. The van der Waals surface area contributed by atoms with Crippen LogP contribution >= 0.6 is 0 Å². The molecule has 1 rings (SSSR count). The molecule has 0 spiro atoms. The van der Waals surface area contributed by atoms with Crippen LogP contribution in [0.5, 0.6) is 0 Å². The fraction of sp³-hybridized carbons (Fsp3) is 0.636. The third-order valence-corrected chi connectivity index (χ3v) is 2.78. The van der Waals surface area contributed by atoms with Gasteiger partial charge in [-0.1, -0.05) is 6.92 Å². The lowest BCUT2D eigenvalue weighted by molar-refractivity contribution is -0.122. The Balaban J connectivity index is 2.44. The zero-order chi connectivity index (χ0) is 12.2. The van der Waals surface area contributed by atoms with Gasteiger partial charge < -0.3 is 16.0 Å². The normalized spacial score (nSPS) is 14.7. The molecule has 90 valence electrons. The maximum Gasteiger partial charge on any atom is 0.237 e. The maximum absolute atomic E-state index is 11.0. The molecular formula is C11H20N4O. The summed E-state index contributed by atoms with van der Waals surface area (Å²) in [5.41, 5.74) is 10.1. The molecule has 0 saturated carbocycles. The van der Waals surface area contributed by atoms with E-state index in [9.17, 15) is 4.79 Å². The van der Waals surface area contributed by atoms with E-state index in [2.05, 4.69) is 16.5 Å². The van der Waals surface area contributed by atoms with Crippen LogP contribution in [-0.4, -0.2) is 21.0 Å². The highest BCUT2D eigenvalue weighted by Gasteiger charge is 2.24. The van der Waals surface area contributed by atoms with Crippen molar-refractivity contribution in [2.24, 2.45) is 11.5 Å². The maximum atomic E-state index is 11.0. The molecule has 16 heavy (non-hydrogen) atoms. The second kappa shape index (κ2) is 5.12. The molecule has 0 aliphatic rings. The van der Waals surface area contributed by atoms with Crippen molar-refractivity contribution in [2.75, 3.05) is 0 Å². The summed E-state index contributed by atoms with van der Waals surface area (Å²) in [5, 5.41) is 0. The van der Waals surface area contributed by atoms with Crippen molar-refractivity contribution < 1.29 is 4.79 Å². The van der Waals surface area contributed by atoms with Gasteiger partial charge in [-0.25, -0.2) is 4.98 Å². The van der Waals surface area contributed by atoms with Crippen molar-refractivity contribution in [3.63, 3.8) is 0 Å². The standard InChI is InChI=1S/C11H20N4O/c1-3-9-14-6-8-15(9)7-4-5-11(2,13)10(12)16/h6,8H,3-5,7,13H2,1-2H3,(H2,12,16).